The first kappa shape index (κ1) is 26.8. The van der Waals surface area contributed by atoms with Crippen LogP contribution in [0.4, 0.5) is 23.7 Å². The molecule has 0 aliphatic carbocycles. The normalized spacial score (nSPS) is 22.5. The topological polar surface area (TPSA) is 78.5 Å². The van der Waals surface area contributed by atoms with Crippen LogP contribution in [-0.2, 0) is 9.53 Å². The van der Waals surface area contributed by atoms with Crippen LogP contribution < -0.4 is 10.4 Å². The van der Waals surface area contributed by atoms with Crippen molar-refractivity contribution in [3.63, 3.8) is 0 Å². The van der Waals surface area contributed by atoms with Gasteiger partial charge in [0.25, 0.3) is 0 Å². The summed E-state index contributed by atoms with van der Waals surface area (Å²) in [6.45, 7) is 0.498. The molecule has 3 atom stereocenters. The van der Waals surface area contributed by atoms with Crippen LogP contribution in [0, 0.1) is 5.92 Å². The zero-order valence-corrected chi connectivity index (χ0v) is 20.2. The predicted octanol–water partition coefficient (Wildman–Crippen LogP) is 4.87. The quantitative estimate of drug-likeness (QED) is 0.593. The number of carboxylic acid groups (broad SMARTS) is 1. The van der Waals surface area contributed by atoms with Gasteiger partial charge in [0.2, 0.25) is 0 Å². The molecule has 2 aromatic rings. The number of hydrogen-bond acceptors (Lipinski definition) is 4. The van der Waals surface area contributed by atoms with Gasteiger partial charge in [-0.15, -0.1) is 0 Å². The standard InChI is InChI=1S/C23H27ClN2O2.C2HF3O2/c1-26(2)19-10-11-20(26)13-16(12-19)15-28-23(27)25-22-9-4-3-8-21(22)17-6-5-7-18(24)14-17;3-2(4,5)1(6)7/h3-9,14,16,19-20H,10-13,15H2,1-2H3;(H,6,7)/t16?,19-,20+;. The lowest BCUT2D eigenvalue weighted by atomic mass is 9.90. The zero-order chi connectivity index (χ0) is 25.8. The van der Waals surface area contributed by atoms with Crippen molar-refractivity contribution in [2.75, 3.05) is 26.0 Å². The van der Waals surface area contributed by atoms with Crippen LogP contribution in [0.5, 0.6) is 0 Å². The molecule has 2 aromatic carbocycles. The van der Waals surface area contributed by atoms with Gasteiger partial charge in [0.15, 0.2) is 0 Å². The van der Waals surface area contributed by atoms with Gasteiger partial charge in [0, 0.05) is 42.2 Å². The fraction of sp³-hybridized carbons (Fsp3) is 0.440. The number of para-hydroxylation sites is 1. The highest BCUT2D eigenvalue weighted by molar-refractivity contribution is 6.30. The average molecular weight is 513 g/mol. The Morgan fingerprint density at radius 1 is 1.09 bits per heavy atom. The van der Waals surface area contributed by atoms with Crippen LogP contribution >= 0.6 is 11.6 Å². The Labute approximate surface area is 207 Å². The molecule has 2 aliphatic heterocycles. The number of piperidine rings is 1. The van der Waals surface area contributed by atoms with E-state index in [9.17, 15) is 18.0 Å². The molecule has 2 bridgehead atoms. The molecular formula is C25H28ClF3N2O4. The van der Waals surface area contributed by atoms with Crippen LogP contribution in [-0.4, -0.2) is 55.5 Å². The lowest BCUT2D eigenvalue weighted by molar-refractivity contribution is -0.931. The number of quaternary nitrogens is 1. The summed E-state index contributed by atoms with van der Waals surface area (Å²) in [5, 5.41) is 12.4. The van der Waals surface area contributed by atoms with Gasteiger partial charge in [-0.05, 0) is 23.8 Å². The minimum Gasteiger partial charge on any atom is -0.542 e. The van der Waals surface area contributed by atoms with Crippen molar-refractivity contribution in [2.24, 2.45) is 5.92 Å². The largest absolute Gasteiger partial charge is 0.542 e. The summed E-state index contributed by atoms with van der Waals surface area (Å²) in [6, 6.07) is 16.8. The Morgan fingerprint density at radius 3 is 2.26 bits per heavy atom. The Kier molecular flexibility index (Phi) is 8.33. The third-order valence-corrected chi connectivity index (χ3v) is 7.14. The van der Waals surface area contributed by atoms with Crippen molar-refractivity contribution < 1.29 is 37.1 Å². The summed E-state index contributed by atoms with van der Waals surface area (Å²) < 4.78 is 38.3. The van der Waals surface area contributed by atoms with Gasteiger partial charge in [-0.25, -0.2) is 4.79 Å². The van der Waals surface area contributed by atoms with Gasteiger partial charge in [-0.2, -0.15) is 13.2 Å². The monoisotopic (exact) mass is 512 g/mol. The van der Waals surface area contributed by atoms with Gasteiger partial charge < -0.3 is 19.1 Å². The first-order valence-electron chi connectivity index (χ1n) is 11.3. The molecule has 0 aromatic heterocycles. The van der Waals surface area contributed by atoms with Crippen molar-refractivity contribution in [3.8, 4) is 11.1 Å². The first-order chi connectivity index (χ1) is 16.4. The van der Waals surface area contributed by atoms with E-state index in [-0.39, 0.29) is 6.09 Å². The van der Waals surface area contributed by atoms with Gasteiger partial charge in [0.05, 0.1) is 38.5 Å². The number of halogens is 4. The summed E-state index contributed by atoms with van der Waals surface area (Å²) in [5.74, 6) is -2.54. The van der Waals surface area contributed by atoms with Crippen molar-refractivity contribution in [3.05, 3.63) is 53.6 Å². The SMILES string of the molecule is C[N+]1(C)[C@@H]2CC[C@H]1CC(COC(=O)Nc1ccccc1-c1cccc(Cl)c1)C2.O=C([O-])C(F)(F)F. The number of alkyl halides is 3. The van der Waals surface area contributed by atoms with E-state index in [2.05, 4.69) is 19.4 Å². The molecule has 0 saturated carbocycles. The van der Waals surface area contributed by atoms with Gasteiger partial charge in [-0.1, -0.05) is 41.9 Å². The number of benzene rings is 2. The number of anilines is 1. The number of amides is 1. The van der Waals surface area contributed by atoms with E-state index in [4.69, 9.17) is 26.2 Å². The maximum absolute atomic E-state index is 12.4. The Bertz CT molecular complexity index is 1050. The number of nitrogens with one attached hydrogen (secondary N) is 1. The third-order valence-electron chi connectivity index (χ3n) is 6.91. The Balaban J connectivity index is 0.000000429. The number of rotatable bonds is 4. The number of hydrogen-bond donors (Lipinski definition) is 1. The molecule has 2 saturated heterocycles. The molecule has 4 rings (SSSR count). The second-order valence-electron chi connectivity index (χ2n) is 9.42. The van der Waals surface area contributed by atoms with E-state index in [1.807, 2.05) is 48.5 Å². The molecule has 6 nitrogen and oxygen atoms in total. The summed E-state index contributed by atoms with van der Waals surface area (Å²) in [7, 11) is 4.69. The van der Waals surface area contributed by atoms with Crippen LogP contribution in [0.2, 0.25) is 5.02 Å². The predicted molar refractivity (Wildman–Crippen MR) is 125 cm³/mol. The minimum absolute atomic E-state index is 0.388. The van der Waals surface area contributed by atoms with Crippen molar-refractivity contribution in [1.82, 2.24) is 0 Å². The van der Waals surface area contributed by atoms with Crippen LogP contribution in [0.25, 0.3) is 11.1 Å². The van der Waals surface area contributed by atoms with Gasteiger partial charge >= 0.3 is 12.3 Å². The molecule has 190 valence electrons. The van der Waals surface area contributed by atoms with Crippen molar-refractivity contribution in [2.45, 2.75) is 43.9 Å². The highest BCUT2D eigenvalue weighted by Gasteiger charge is 2.48. The van der Waals surface area contributed by atoms with E-state index in [1.165, 1.54) is 12.8 Å². The lowest BCUT2D eigenvalue weighted by Gasteiger charge is -2.44. The van der Waals surface area contributed by atoms with E-state index in [0.717, 1.165) is 34.1 Å². The van der Waals surface area contributed by atoms with Crippen molar-refractivity contribution >= 4 is 29.4 Å². The number of carbonyl (C=O) groups excluding carboxylic acids is 2. The number of aliphatic carboxylic acids is 1. The van der Waals surface area contributed by atoms with Crippen LogP contribution in [0.1, 0.15) is 25.7 Å². The van der Waals surface area contributed by atoms with Crippen LogP contribution in [0.3, 0.4) is 0 Å². The fourth-order valence-corrected chi connectivity index (χ4v) is 5.16. The van der Waals surface area contributed by atoms with E-state index < -0.39 is 12.1 Å². The van der Waals surface area contributed by atoms with Gasteiger partial charge in [-0.3, -0.25) is 5.32 Å². The molecular weight excluding hydrogens is 485 g/mol. The molecule has 0 spiro atoms. The highest BCUT2D eigenvalue weighted by atomic mass is 35.5. The summed E-state index contributed by atoms with van der Waals surface area (Å²) in [5.41, 5.74) is 2.63. The molecule has 1 amide bonds. The Hall–Kier alpha value is -2.78. The van der Waals surface area contributed by atoms with E-state index in [1.54, 1.807) is 0 Å². The highest BCUT2D eigenvalue weighted by Crippen LogP contribution is 2.42. The Morgan fingerprint density at radius 2 is 1.69 bits per heavy atom. The number of carbonyl (C=O) groups is 2. The van der Waals surface area contributed by atoms with E-state index in [0.29, 0.717) is 29.6 Å². The number of fused-ring (bicyclic) bond motifs is 2. The summed E-state index contributed by atoms with van der Waals surface area (Å²) in [6.07, 6.45) is -0.687. The number of ether oxygens (including phenoxy) is 1. The molecule has 2 aliphatic rings. The number of carboxylic acids is 1. The molecule has 10 heteroatoms. The van der Waals surface area contributed by atoms with Gasteiger partial charge in [0.1, 0.15) is 5.97 Å². The minimum atomic E-state index is -5.19. The molecule has 0 radical (unpaired) electrons. The maximum atomic E-state index is 12.4. The maximum Gasteiger partial charge on any atom is 0.430 e. The smallest absolute Gasteiger partial charge is 0.430 e. The zero-order valence-electron chi connectivity index (χ0n) is 19.5. The fourth-order valence-electron chi connectivity index (χ4n) is 4.97. The van der Waals surface area contributed by atoms with E-state index >= 15 is 0 Å². The number of nitrogens with zero attached hydrogens (tertiary/aromatic N) is 1. The summed E-state index contributed by atoms with van der Waals surface area (Å²) in [4.78, 5) is 21.2. The second-order valence-corrected chi connectivity index (χ2v) is 9.85. The molecule has 35 heavy (non-hydrogen) atoms. The molecule has 1 N–H and O–H groups in total. The lowest BCUT2D eigenvalue weighted by Crippen LogP contribution is -2.55. The molecule has 2 fully saturated rings. The van der Waals surface area contributed by atoms with Crippen LogP contribution in [0.15, 0.2) is 48.5 Å². The molecule has 2 heterocycles. The summed E-state index contributed by atoms with van der Waals surface area (Å²) >= 11 is 6.12. The second kappa shape index (κ2) is 10.9. The van der Waals surface area contributed by atoms with Crippen molar-refractivity contribution in [1.29, 1.82) is 0 Å². The molecule has 1 unspecified atom stereocenters. The third kappa shape index (κ3) is 6.89. The average Bonchev–Trinajstić information content (AvgIpc) is 2.94. The first-order valence-corrected chi connectivity index (χ1v) is 11.7.